The number of hydrogen-bond acceptors (Lipinski definition) is 5. The first-order valence-corrected chi connectivity index (χ1v) is 12.5. The Morgan fingerprint density at radius 1 is 1.12 bits per heavy atom. The van der Waals surface area contributed by atoms with Gasteiger partial charge >= 0.3 is 5.97 Å². The molecule has 1 heterocycles. The maximum absolute atomic E-state index is 13.1. The molecule has 0 saturated carbocycles. The number of aromatic nitrogens is 1. The number of carbonyl (C=O) groups is 2. The van der Waals surface area contributed by atoms with Crippen LogP contribution in [0.2, 0.25) is 0 Å². The smallest absolute Gasteiger partial charge is 0.340 e. The molecule has 0 radical (unpaired) electrons. The number of nitrogens with zero attached hydrogens (tertiary/aromatic N) is 1. The second kappa shape index (κ2) is 12.7. The molecule has 6 nitrogen and oxygen atoms in total. The van der Waals surface area contributed by atoms with Gasteiger partial charge in [-0.05, 0) is 61.6 Å². The van der Waals surface area contributed by atoms with Crippen molar-refractivity contribution in [2.45, 2.75) is 77.4 Å². The van der Waals surface area contributed by atoms with Crippen molar-refractivity contribution in [1.29, 1.82) is 0 Å². The van der Waals surface area contributed by atoms with Gasteiger partial charge < -0.3 is 15.2 Å². The van der Waals surface area contributed by atoms with E-state index in [1.54, 1.807) is 13.2 Å². The van der Waals surface area contributed by atoms with Crippen molar-refractivity contribution in [1.82, 2.24) is 10.3 Å². The summed E-state index contributed by atoms with van der Waals surface area (Å²) in [4.78, 5) is 30.0. The van der Waals surface area contributed by atoms with Gasteiger partial charge in [-0.2, -0.15) is 0 Å². The Kier molecular flexibility index (Phi) is 9.63. The number of aliphatic hydroxyl groups excluding tert-OH is 1. The molecule has 0 aliphatic heterocycles. The molecule has 6 heteroatoms. The van der Waals surface area contributed by atoms with Gasteiger partial charge in [-0.1, -0.05) is 50.6 Å². The van der Waals surface area contributed by atoms with E-state index in [2.05, 4.69) is 24.1 Å². The molecule has 3 atom stereocenters. The number of nitrogens with one attached hydrogen (secondary N) is 1. The third-order valence-corrected chi connectivity index (χ3v) is 6.61. The Morgan fingerprint density at radius 2 is 1.85 bits per heavy atom. The van der Waals surface area contributed by atoms with E-state index in [4.69, 9.17) is 4.74 Å². The molecule has 1 amide bonds. The van der Waals surface area contributed by atoms with Crippen molar-refractivity contribution in [3.05, 3.63) is 65.0 Å². The number of benzene rings is 1. The zero-order chi connectivity index (χ0) is 24.5. The van der Waals surface area contributed by atoms with Crippen LogP contribution in [0.1, 0.15) is 73.1 Å². The van der Waals surface area contributed by atoms with E-state index in [1.165, 1.54) is 0 Å². The fraction of sp³-hybridized carbons (Fsp3) is 0.536. The maximum atomic E-state index is 13.1. The van der Waals surface area contributed by atoms with E-state index < -0.39 is 18.2 Å². The number of aliphatic hydroxyl groups is 1. The molecule has 2 aromatic rings. The molecule has 184 valence electrons. The summed E-state index contributed by atoms with van der Waals surface area (Å²) in [5.41, 5.74) is 3.53. The fourth-order valence-electron chi connectivity index (χ4n) is 4.55. The number of pyridine rings is 1. The van der Waals surface area contributed by atoms with Crippen LogP contribution >= 0.6 is 0 Å². The van der Waals surface area contributed by atoms with Crippen molar-refractivity contribution in [3.8, 4) is 0 Å². The number of fused-ring (bicyclic) bond motifs is 1. The summed E-state index contributed by atoms with van der Waals surface area (Å²) in [6.07, 6.45) is 6.09. The lowest BCUT2D eigenvalue weighted by atomic mass is 9.89. The van der Waals surface area contributed by atoms with E-state index in [-0.39, 0.29) is 18.2 Å². The highest BCUT2D eigenvalue weighted by Gasteiger charge is 2.30. The van der Waals surface area contributed by atoms with Crippen molar-refractivity contribution in [2.75, 3.05) is 7.05 Å². The summed E-state index contributed by atoms with van der Waals surface area (Å²) in [7, 11) is 1.61. The van der Waals surface area contributed by atoms with Gasteiger partial charge in [-0.15, -0.1) is 0 Å². The van der Waals surface area contributed by atoms with E-state index in [0.717, 1.165) is 48.9 Å². The highest BCUT2D eigenvalue weighted by Crippen LogP contribution is 2.24. The molecule has 1 aliphatic carbocycles. The molecule has 1 aliphatic rings. The number of aryl methyl sites for hydroxylation is 2. The lowest BCUT2D eigenvalue weighted by Gasteiger charge is -2.27. The second-order valence-electron chi connectivity index (χ2n) is 9.76. The average Bonchev–Trinajstić information content (AvgIpc) is 2.85. The summed E-state index contributed by atoms with van der Waals surface area (Å²) in [5.74, 6) is -0.466. The van der Waals surface area contributed by atoms with E-state index in [9.17, 15) is 14.7 Å². The molecule has 0 spiro atoms. The topological polar surface area (TPSA) is 88.5 Å². The van der Waals surface area contributed by atoms with Crippen LogP contribution in [-0.4, -0.2) is 41.2 Å². The molecule has 3 rings (SSSR count). The van der Waals surface area contributed by atoms with Crippen LogP contribution in [0, 0.1) is 11.8 Å². The summed E-state index contributed by atoms with van der Waals surface area (Å²) in [5, 5.41) is 13.9. The molecule has 0 bridgehead atoms. The van der Waals surface area contributed by atoms with Crippen LogP contribution in [0.25, 0.3) is 0 Å². The number of ether oxygens (including phenoxy) is 1. The van der Waals surface area contributed by atoms with Crippen molar-refractivity contribution >= 4 is 11.9 Å². The minimum Gasteiger partial charge on any atom is -0.456 e. The Balaban J connectivity index is 1.76. The van der Waals surface area contributed by atoms with E-state index in [0.29, 0.717) is 24.3 Å². The second-order valence-corrected chi connectivity index (χ2v) is 9.76. The summed E-state index contributed by atoms with van der Waals surface area (Å²) >= 11 is 0. The van der Waals surface area contributed by atoms with E-state index >= 15 is 0 Å². The van der Waals surface area contributed by atoms with Crippen LogP contribution in [0.5, 0.6) is 0 Å². The standard InChI is InChI=1S/C28H38N2O4/c1-19(2)13-14-22(27(32)29-3)17-25(31)26(15-20-9-5-4-6-10-20)34-28(33)23-16-21-11-7-8-12-24(21)30-18-23/h4-6,9-10,16,18-19,22,25-26,31H,7-8,11-15,17H2,1-3H3,(H,29,32)/t22-,25+,26+/m1/s1. The Hall–Kier alpha value is -2.73. The number of hydrogen-bond donors (Lipinski definition) is 2. The SMILES string of the molecule is CNC(=O)[C@H](CCC(C)C)C[C@H](O)[C@H](Cc1ccccc1)OC(=O)c1cnc2c(c1)CCCC2. The van der Waals surface area contributed by atoms with E-state index in [1.807, 2.05) is 36.4 Å². The van der Waals surface area contributed by atoms with Crippen LogP contribution in [0.15, 0.2) is 42.6 Å². The zero-order valence-electron chi connectivity index (χ0n) is 20.6. The molecule has 34 heavy (non-hydrogen) atoms. The molecular formula is C28H38N2O4. The predicted octanol–water partition coefficient (Wildman–Crippen LogP) is 4.28. The summed E-state index contributed by atoms with van der Waals surface area (Å²) in [6, 6.07) is 11.5. The van der Waals surface area contributed by atoms with Gasteiger partial charge in [0.2, 0.25) is 5.91 Å². The summed E-state index contributed by atoms with van der Waals surface area (Å²) in [6.45, 7) is 4.23. The van der Waals surface area contributed by atoms with Crippen molar-refractivity contribution < 1.29 is 19.4 Å². The summed E-state index contributed by atoms with van der Waals surface area (Å²) < 4.78 is 5.87. The molecular weight excluding hydrogens is 428 g/mol. The number of rotatable bonds is 11. The Bertz CT molecular complexity index is 945. The Morgan fingerprint density at radius 3 is 2.56 bits per heavy atom. The fourth-order valence-corrected chi connectivity index (χ4v) is 4.55. The quantitative estimate of drug-likeness (QED) is 0.483. The first-order chi connectivity index (χ1) is 16.4. The van der Waals surface area contributed by atoms with Gasteiger partial charge in [0.1, 0.15) is 6.10 Å². The zero-order valence-corrected chi connectivity index (χ0v) is 20.6. The average molecular weight is 467 g/mol. The monoisotopic (exact) mass is 466 g/mol. The first kappa shape index (κ1) is 25.9. The lowest BCUT2D eigenvalue weighted by Crippen LogP contribution is -2.38. The molecule has 2 N–H and O–H groups in total. The minimum atomic E-state index is -0.968. The maximum Gasteiger partial charge on any atom is 0.340 e. The van der Waals surface area contributed by atoms with Gasteiger partial charge in [0.15, 0.2) is 0 Å². The first-order valence-electron chi connectivity index (χ1n) is 12.5. The molecule has 1 aromatic heterocycles. The molecule has 0 unspecified atom stereocenters. The molecule has 1 aromatic carbocycles. The van der Waals surface area contributed by atoms with Gasteiger partial charge in [0.05, 0.1) is 11.7 Å². The molecule has 0 fully saturated rings. The van der Waals surface area contributed by atoms with Gasteiger partial charge in [0.25, 0.3) is 0 Å². The van der Waals surface area contributed by atoms with Gasteiger partial charge in [-0.3, -0.25) is 9.78 Å². The van der Waals surface area contributed by atoms with Crippen molar-refractivity contribution in [3.63, 3.8) is 0 Å². The van der Waals surface area contributed by atoms with Crippen LogP contribution in [-0.2, 0) is 28.8 Å². The predicted molar refractivity (Wildman–Crippen MR) is 132 cm³/mol. The molecule has 0 saturated heterocycles. The largest absolute Gasteiger partial charge is 0.456 e. The third kappa shape index (κ3) is 7.39. The van der Waals surface area contributed by atoms with Gasteiger partial charge in [-0.25, -0.2) is 4.79 Å². The van der Waals surface area contributed by atoms with Crippen LogP contribution in [0.3, 0.4) is 0 Å². The number of amides is 1. The lowest BCUT2D eigenvalue weighted by molar-refractivity contribution is -0.126. The van der Waals surface area contributed by atoms with Gasteiger partial charge in [0, 0.05) is 31.3 Å². The number of carbonyl (C=O) groups excluding carboxylic acids is 2. The normalized spacial score (nSPS) is 15.8. The highest BCUT2D eigenvalue weighted by molar-refractivity contribution is 5.89. The van der Waals surface area contributed by atoms with Crippen molar-refractivity contribution in [2.24, 2.45) is 11.8 Å². The van der Waals surface area contributed by atoms with Crippen LogP contribution in [0.4, 0.5) is 0 Å². The highest BCUT2D eigenvalue weighted by atomic mass is 16.6. The third-order valence-electron chi connectivity index (χ3n) is 6.61. The minimum absolute atomic E-state index is 0.0941. The Labute approximate surface area is 203 Å². The number of esters is 1. The van der Waals surface area contributed by atoms with Crippen LogP contribution < -0.4 is 5.32 Å².